The number of rotatable bonds is 62. The smallest absolute Gasteiger partial charge is 0.361 e. The zero-order chi connectivity index (χ0) is 56.2. The van der Waals surface area contributed by atoms with Gasteiger partial charge in [0, 0.05) is 12.8 Å². The van der Waals surface area contributed by atoms with Crippen molar-refractivity contribution in [3.8, 4) is 0 Å². The third-order valence-corrected chi connectivity index (χ3v) is 14.9. The molecule has 0 spiro atoms. The Balaban J connectivity index is 4.05. The third-order valence-electron chi connectivity index (χ3n) is 14.9. The van der Waals surface area contributed by atoms with Gasteiger partial charge in [-0.1, -0.05) is 294 Å². The summed E-state index contributed by atoms with van der Waals surface area (Å²) < 4.78 is 22.9. The fourth-order valence-corrected chi connectivity index (χ4v) is 9.79. The number of carboxylic acid groups (broad SMARTS) is 1. The fourth-order valence-electron chi connectivity index (χ4n) is 9.79. The lowest BCUT2D eigenvalue weighted by Crippen LogP contribution is -2.40. The van der Waals surface area contributed by atoms with Crippen LogP contribution in [-0.4, -0.2) is 87.4 Å². The second-order valence-corrected chi connectivity index (χ2v) is 23.8. The Kier molecular flexibility index (Phi) is 57.7. The Hall–Kier alpha value is -2.49. The highest BCUT2D eigenvalue weighted by atomic mass is 16.7. The summed E-state index contributed by atoms with van der Waals surface area (Å²) in [4.78, 5) is 37.5. The maximum atomic E-state index is 12.9. The molecule has 0 aliphatic heterocycles. The van der Waals surface area contributed by atoms with E-state index in [4.69, 9.17) is 18.9 Å². The van der Waals surface area contributed by atoms with E-state index in [1.165, 1.54) is 231 Å². The van der Waals surface area contributed by atoms with Gasteiger partial charge in [-0.15, -0.1) is 0 Å². The number of likely N-dealkylation sites (N-methyl/N-ethyl adjacent to an activating group) is 1. The molecule has 0 aliphatic carbocycles. The second kappa shape index (κ2) is 59.6. The van der Waals surface area contributed by atoms with E-state index in [1.807, 2.05) is 21.1 Å². The zero-order valence-corrected chi connectivity index (χ0v) is 51.6. The normalized spacial score (nSPS) is 12.9. The second-order valence-electron chi connectivity index (χ2n) is 23.8. The van der Waals surface area contributed by atoms with Crippen LogP contribution in [0.3, 0.4) is 0 Å². The summed E-state index contributed by atoms with van der Waals surface area (Å²) >= 11 is 0. The van der Waals surface area contributed by atoms with Crippen LogP contribution < -0.4 is 0 Å². The van der Waals surface area contributed by atoms with Gasteiger partial charge in [0.25, 0.3) is 6.29 Å². The third kappa shape index (κ3) is 61.0. The minimum Gasteiger partial charge on any atom is -0.477 e. The molecule has 0 aromatic heterocycles. The Morgan fingerprint density at radius 1 is 0.390 bits per heavy atom. The molecule has 0 rings (SSSR count). The first-order valence-electron chi connectivity index (χ1n) is 33.2. The molecule has 77 heavy (non-hydrogen) atoms. The van der Waals surface area contributed by atoms with Gasteiger partial charge < -0.3 is 28.5 Å². The number of carboxylic acids is 1. The topological polar surface area (TPSA) is 108 Å². The Labute approximate surface area is 477 Å². The minimum atomic E-state index is -1.51. The van der Waals surface area contributed by atoms with Gasteiger partial charge in [0.1, 0.15) is 13.2 Å². The van der Waals surface area contributed by atoms with Crippen molar-refractivity contribution in [2.24, 2.45) is 0 Å². The molecule has 0 saturated heterocycles. The Morgan fingerprint density at radius 3 is 1.06 bits per heavy atom. The van der Waals surface area contributed by atoms with E-state index in [-0.39, 0.29) is 32.2 Å². The molecule has 0 heterocycles. The quantitative estimate of drug-likeness (QED) is 0.0211. The van der Waals surface area contributed by atoms with Crippen LogP contribution >= 0.6 is 0 Å². The van der Waals surface area contributed by atoms with Crippen molar-refractivity contribution in [1.82, 2.24) is 0 Å². The molecule has 0 fully saturated rings. The molecular formula is C68H128NO8+. The van der Waals surface area contributed by atoms with Crippen LogP contribution in [0.2, 0.25) is 0 Å². The van der Waals surface area contributed by atoms with Crippen molar-refractivity contribution in [3.05, 3.63) is 36.5 Å². The first kappa shape index (κ1) is 74.5. The largest absolute Gasteiger partial charge is 0.477 e. The van der Waals surface area contributed by atoms with E-state index < -0.39 is 24.3 Å². The van der Waals surface area contributed by atoms with Crippen molar-refractivity contribution in [2.75, 3.05) is 47.5 Å². The summed E-state index contributed by atoms with van der Waals surface area (Å²) in [5.74, 6) is -2.00. The van der Waals surface area contributed by atoms with Gasteiger partial charge in [0.15, 0.2) is 6.10 Å². The SMILES string of the molecule is CCCCC/C=C\C/C=C\C/C=C\CCCCCCCCC(=O)OC(COC(=O)CCCCCCCCCCCCCCCCCCCCCCCCCCCCCCCCCCC)COC(OCC[N+](C)(C)C)C(=O)O. The van der Waals surface area contributed by atoms with Crippen LogP contribution in [0.5, 0.6) is 0 Å². The molecule has 2 atom stereocenters. The first-order chi connectivity index (χ1) is 37.6. The van der Waals surface area contributed by atoms with Crippen molar-refractivity contribution in [1.29, 1.82) is 0 Å². The van der Waals surface area contributed by atoms with Gasteiger partial charge in [-0.05, 0) is 51.4 Å². The van der Waals surface area contributed by atoms with E-state index >= 15 is 0 Å². The number of quaternary nitrogens is 1. The Bertz CT molecular complexity index is 1360. The molecule has 0 saturated carbocycles. The average molecular weight is 1090 g/mol. The summed E-state index contributed by atoms with van der Waals surface area (Å²) in [5.41, 5.74) is 0. The van der Waals surface area contributed by atoms with Gasteiger partial charge in [0.05, 0.1) is 34.4 Å². The molecule has 2 unspecified atom stereocenters. The highest BCUT2D eigenvalue weighted by Crippen LogP contribution is 2.18. The molecule has 0 aliphatic rings. The van der Waals surface area contributed by atoms with Gasteiger partial charge in [0.2, 0.25) is 0 Å². The van der Waals surface area contributed by atoms with Gasteiger partial charge in [-0.3, -0.25) is 9.59 Å². The number of carbonyl (C=O) groups excluding carboxylic acids is 2. The zero-order valence-electron chi connectivity index (χ0n) is 51.6. The van der Waals surface area contributed by atoms with Crippen LogP contribution in [0.4, 0.5) is 0 Å². The molecular weight excluding hydrogens is 959 g/mol. The monoisotopic (exact) mass is 1090 g/mol. The molecule has 0 radical (unpaired) electrons. The van der Waals surface area contributed by atoms with E-state index in [2.05, 4.69) is 50.3 Å². The molecule has 0 aromatic carbocycles. The summed E-state index contributed by atoms with van der Waals surface area (Å²) in [7, 11) is 5.97. The Morgan fingerprint density at radius 2 is 0.701 bits per heavy atom. The number of allylic oxidation sites excluding steroid dienone is 6. The number of hydrogen-bond donors (Lipinski definition) is 1. The number of hydrogen-bond acceptors (Lipinski definition) is 7. The number of ether oxygens (including phenoxy) is 4. The maximum absolute atomic E-state index is 12.9. The van der Waals surface area contributed by atoms with Crippen molar-refractivity contribution < 1.29 is 42.9 Å². The fraction of sp³-hybridized carbons (Fsp3) is 0.868. The van der Waals surface area contributed by atoms with Gasteiger partial charge >= 0.3 is 17.9 Å². The molecule has 0 aromatic rings. The van der Waals surface area contributed by atoms with E-state index in [0.29, 0.717) is 23.9 Å². The average Bonchev–Trinajstić information content (AvgIpc) is 3.40. The standard InChI is InChI=1S/C68H127NO8/c1-6-8-10-12-14-16-18-20-22-24-26-27-28-29-30-31-32-33-34-35-36-37-38-39-41-42-44-46-48-50-52-54-56-58-65(70)75-62-64(63-76-68(67(72)73)74-61-60-69(3,4)5)77-66(71)59-57-55-53-51-49-47-45-43-40-25-23-21-19-17-15-13-11-9-7-2/h15,17,21,23,40,43,64,68H,6-14,16,18-20,22,24-39,41-42,44-63H2,1-5H3/p+1/b17-15-,23-21-,43-40-. The van der Waals surface area contributed by atoms with Crippen LogP contribution in [-0.2, 0) is 33.3 Å². The van der Waals surface area contributed by atoms with Crippen LogP contribution in [0.1, 0.15) is 322 Å². The summed E-state index contributed by atoms with van der Waals surface area (Å²) in [6.07, 6.45) is 71.2. The number of unbranched alkanes of at least 4 members (excludes halogenated alkanes) is 41. The van der Waals surface area contributed by atoms with Gasteiger partial charge in [-0.2, -0.15) is 0 Å². The molecule has 9 heteroatoms. The summed E-state index contributed by atoms with van der Waals surface area (Å²) in [5, 5.41) is 9.72. The van der Waals surface area contributed by atoms with E-state index in [9.17, 15) is 19.5 Å². The van der Waals surface area contributed by atoms with Crippen LogP contribution in [0.15, 0.2) is 36.5 Å². The van der Waals surface area contributed by atoms with Crippen LogP contribution in [0.25, 0.3) is 0 Å². The van der Waals surface area contributed by atoms with Crippen molar-refractivity contribution in [2.45, 2.75) is 334 Å². The predicted molar refractivity (Wildman–Crippen MR) is 327 cm³/mol. The van der Waals surface area contributed by atoms with E-state index in [1.54, 1.807) is 0 Å². The maximum Gasteiger partial charge on any atom is 0.361 e. The summed E-state index contributed by atoms with van der Waals surface area (Å²) in [6.45, 7) is 4.88. The lowest BCUT2D eigenvalue weighted by Gasteiger charge is -2.25. The van der Waals surface area contributed by atoms with Crippen molar-refractivity contribution >= 4 is 17.9 Å². The molecule has 1 N–H and O–H groups in total. The van der Waals surface area contributed by atoms with Gasteiger partial charge in [-0.25, -0.2) is 4.79 Å². The highest BCUT2D eigenvalue weighted by Gasteiger charge is 2.25. The molecule has 452 valence electrons. The first-order valence-corrected chi connectivity index (χ1v) is 33.2. The number of nitrogens with zero attached hydrogens (tertiary/aromatic N) is 1. The molecule has 0 bridgehead atoms. The lowest BCUT2D eigenvalue weighted by atomic mass is 10.0. The predicted octanol–water partition coefficient (Wildman–Crippen LogP) is 20.0. The lowest BCUT2D eigenvalue weighted by molar-refractivity contribution is -0.870. The summed E-state index contributed by atoms with van der Waals surface area (Å²) in [6, 6.07) is 0. The van der Waals surface area contributed by atoms with Crippen molar-refractivity contribution in [3.63, 3.8) is 0 Å². The molecule has 0 amide bonds. The minimum absolute atomic E-state index is 0.184. The van der Waals surface area contributed by atoms with E-state index in [0.717, 1.165) is 57.8 Å². The number of aliphatic carboxylic acids is 1. The molecule has 9 nitrogen and oxygen atoms in total. The highest BCUT2D eigenvalue weighted by molar-refractivity contribution is 5.71. The number of esters is 2. The number of carbonyl (C=O) groups is 3. The van der Waals surface area contributed by atoms with Crippen LogP contribution in [0, 0.1) is 0 Å².